The Balaban J connectivity index is 1.42. The zero-order valence-electron chi connectivity index (χ0n) is 28.0. The van der Waals surface area contributed by atoms with E-state index in [1.54, 1.807) is 13.0 Å². The fraction of sp³-hybridized carbons (Fsp3) is 0.486. The first-order chi connectivity index (χ1) is 21.4. The van der Waals surface area contributed by atoms with Gasteiger partial charge < -0.3 is 14.0 Å². The lowest BCUT2D eigenvalue weighted by atomic mass is 9.93. The number of alkyl halides is 3. The molecule has 3 aromatic rings. The number of aliphatic imine (C=N–C) groups is 1. The zero-order chi connectivity index (χ0) is 33.8. The highest BCUT2D eigenvalue weighted by Gasteiger charge is 2.50. The molecule has 1 aliphatic heterocycles. The highest BCUT2D eigenvalue weighted by molar-refractivity contribution is 7.62. The Labute approximate surface area is 272 Å². The van der Waals surface area contributed by atoms with Crippen molar-refractivity contribution in [3.05, 3.63) is 89.5 Å². The van der Waals surface area contributed by atoms with E-state index >= 15 is 0 Å². The summed E-state index contributed by atoms with van der Waals surface area (Å²) in [6.07, 6.45) is -2.64. The SMILES string of the molecule is CC1=NC(CCc2ccc(OCCCc3cccc(-c4ccccc4)c3)c(C(F)(F)F)c2)(COP(=O)(C(C)(C)C)C(C)(C)C)CO1. The van der Waals surface area contributed by atoms with Gasteiger partial charge in [0, 0.05) is 17.2 Å². The van der Waals surface area contributed by atoms with Crippen molar-refractivity contribution in [2.45, 2.75) is 96.2 Å². The molecule has 0 spiro atoms. The smallest absolute Gasteiger partial charge is 0.419 e. The maximum Gasteiger partial charge on any atom is 0.419 e. The van der Waals surface area contributed by atoms with Crippen LogP contribution in [-0.4, -0.2) is 41.6 Å². The molecule has 0 fully saturated rings. The summed E-state index contributed by atoms with van der Waals surface area (Å²) in [4.78, 5) is 4.69. The fourth-order valence-corrected chi connectivity index (χ4v) is 9.18. The van der Waals surface area contributed by atoms with Crippen LogP contribution in [0.2, 0.25) is 0 Å². The highest BCUT2D eigenvalue weighted by atomic mass is 31.2. The van der Waals surface area contributed by atoms with Crippen molar-refractivity contribution < 1.29 is 31.7 Å². The summed E-state index contributed by atoms with van der Waals surface area (Å²) < 4.78 is 74.3. The van der Waals surface area contributed by atoms with Crippen LogP contribution >= 0.6 is 7.37 Å². The Bertz CT molecular complexity index is 1540. The van der Waals surface area contributed by atoms with E-state index in [9.17, 15) is 17.7 Å². The predicted molar refractivity (Wildman–Crippen MR) is 180 cm³/mol. The van der Waals surface area contributed by atoms with E-state index in [0.717, 1.165) is 22.8 Å². The molecule has 0 amide bonds. The molecule has 9 heteroatoms. The molecule has 0 N–H and O–H groups in total. The number of hydrogen-bond donors (Lipinski definition) is 0. The normalized spacial score (nSPS) is 17.5. The number of ether oxygens (including phenoxy) is 2. The van der Waals surface area contributed by atoms with Crippen molar-refractivity contribution in [2.75, 3.05) is 19.8 Å². The van der Waals surface area contributed by atoms with Crippen LogP contribution in [0.25, 0.3) is 11.1 Å². The minimum absolute atomic E-state index is 0.0533. The minimum Gasteiger partial charge on any atom is -0.493 e. The summed E-state index contributed by atoms with van der Waals surface area (Å²) in [5.41, 5.74) is 2.18. The number of benzene rings is 3. The van der Waals surface area contributed by atoms with Gasteiger partial charge in [0.15, 0.2) is 5.90 Å². The molecule has 5 nitrogen and oxygen atoms in total. The molecule has 46 heavy (non-hydrogen) atoms. The minimum atomic E-state index is -4.58. The van der Waals surface area contributed by atoms with Gasteiger partial charge in [-0.2, -0.15) is 13.2 Å². The number of nitrogens with zero attached hydrogens (tertiary/aromatic N) is 1. The Kier molecular flexibility index (Phi) is 10.8. The van der Waals surface area contributed by atoms with Crippen molar-refractivity contribution in [3.8, 4) is 16.9 Å². The van der Waals surface area contributed by atoms with Crippen molar-refractivity contribution in [3.63, 3.8) is 0 Å². The summed E-state index contributed by atoms with van der Waals surface area (Å²) in [6, 6.07) is 22.5. The molecule has 3 aromatic carbocycles. The summed E-state index contributed by atoms with van der Waals surface area (Å²) in [5.74, 6) is 0.304. The monoisotopic (exact) mass is 657 g/mol. The Morgan fingerprint density at radius 3 is 2.11 bits per heavy atom. The third-order valence-electron chi connectivity index (χ3n) is 8.36. The maximum atomic E-state index is 14.2. The molecule has 1 unspecified atom stereocenters. The third kappa shape index (κ3) is 8.63. The van der Waals surface area contributed by atoms with Gasteiger partial charge in [0.05, 0.1) is 18.8 Å². The van der Waals surface area contributed by atoms with Crippen molar-refractivity contribution in [1.29, 1.82) is 0 Å². The zero-order valence-corrected chi connectivity index (χ0v) is 28.9. The van der Waals surface area contributed by atoms with Crippen LogP contribution in [0.5, 0.6) is 5.75 Å². The van der Waals surface area contributed by atoms with E-state index in [4.69, 9.17) is 14.0 Å². The van der Waals surface area contributed by atoms with E-state index in [2.05, 4.69) is 11.1 Å². The lowest BCUT2D eigenvalue weighted by molar-refractivity contribution is -0.139. The van der Waals surface area contributed by atoms with Crippen molar-refractivity contribution in [1.82, 2.24) is 0 Å². The van der Waals surface area contributed by atoms with E-state index in [-0.39, 0.29) is 25.6 Å². The lowest BCUT2D eigenvalue weighted by Crippen LogP contribution is -2.38. The van der Waals surface area contributed by atoms with Gasteiger partial charge in [-0.3, -0.25) is 4.57 Å². The second-order valence-corrected chi connectivity index (χ2v) is 18.2. The molecular weight excluding hydrogens is 610 g/mol. The predicted octanol–water partition coefficient (Wildman–Crippen LogP) is 10.4. The first-order valence-electron chi connectivity index (χ1n) is 15.8. The largest absolute Gasteiger partial charge is 0.493 e. The van der Waals surface area contributed by atoms with E-state index in [1.807, 2.05) is 90.1 Å². The van der Waals surface area contributed by atoms with Crippen LogP contribution in [0.3, 0.4) is 0 Å². The van der Waals surface area contributed by atoms with E-state index in [1.165, 1.54) is 6.07 Å². The van der Waals surface area contributed by atoms with Crippen molar-refractivity contribution >= 4 is 13.3 Å². The second kappa shape index (κ2) is 13.9. The van der Waals surface area contributed by atoms with Crippen LogP contribution in [-0.2, 0) is 32.8 Å². The lowest BCUT2D eigenvalue weighted by Gasteiger charge is -2.41. The number of rotatable bonds is 12. The molecule has 1 atom stereocenters. The summed E-state index contributed by atoms with van der Waals surface area (Å²) in [6.45, 7) is 13.6. The molecular formula is C37H47F3NO4P. The van der Waals surface area contributed by atoms with Crippen LogP contribution in [0.1, 0.15) is 78.0 Å². The van der Waals surface area contributed by atoms with Gasteiger partial charge in [-0.1, -0.05) is 102 Å². The van der Waals surface area contributed by atoms with E-state index in [0.29, 0.717) is 37.1 Å². The molecule has 0 radical (unpaired) electrons. The quantitative estimate of drug-likeness (QED) is 0.144. The Hall–Kier alpha value is -3.09. The van der Waals surface area contributed by atoms with Crippen LogP contribution in [0.15, 0.2) is 77.8 Å². The first kappa shape index (κ1) is 35.8. The van der Waals surface area contributed by atoms with Gasteiger partial charge in [-0.15, -0.1) is 0 Å². The van der Waals surface area contributed by atoms with Crippen LogP contribution in [0, 0.1) is 0 Å². The molecule has 1 heterocycles. The standard InChI is InChI=1S/C37H47F3NO4P/c1-27-41-36(25-44-27,26-45-46(42,34(2,3)4)35(5,6)7)21-20-29-18-19-33(32(24-29)37(38,39)40)43-22-12-14-28-13-11-17-31(23-28)30-15-9-8-10-16-30/h8-11,13,15-19,23-24H,12,14,20-22,25-26H2,1-7H3. The van der Waals surface area contributed by atoms with Gasteiger partial charge in [-0.05, 0) is 60.1 Å². The topological polar surface area (TPSA) is 57.1 Å². The van der Waals surface area contributed by atoms with Gasteiger partial charge in [-0.25, -0.2) is 4.99 Å². The van der Waals surface area contributed by atoms with Gasteiger partial charge in [0.25, 0.3) is 0 Å². The van der Waals surface area contributed by atoms with Gasteiger partial charge in [0.2, 0.25) is 7.37 Å². The molecule has 0 aliphatic carbocycles. The molecule has 0 aromatic heterocycles. The summed E-state index contributed by atoms with van der Waals surface area (Å²) in [5, 5.41) is -1.21. The molecule has 0 saturated carbocycles. The number of hydrogen-bond acceptors (Lipinski definition) is 5. The van der Waals surface area contributed by atoms with Gasteiger partial charge in [0.1, 0.15) is 17.9 Å². The number of halogens is 3. The molecule has 1 aliphatic rings. The summed E-state index contributed by atoms with van der Waals surface area (Å²) in [7, 11) is -3.17. The first-order valence-corrected chi connectivity index (χ1v) is 17.5. The molecule has 0 bridgehead atoms. The average molecular weight is 658 g/mol. The number of aryl methyl sites for hydroxylation is 2. The van der Waals surface area contributed by atoms with E-state index < -0.39 is 35.0 Å². The van der Waals surface area contributed by atoms with Crippen LogP contribution in [0.4, 0.5) is 13.2 Å². The Morgan fingerprint density at radius 1 is 0.848 bits per heavy atom. The molecule has 4 rings (SSSR count). The highest BCUT2D eigenvalue weighted by Crippen LogP contribution is 2.68. The van der Waals surface area contributed by atoms with Crippen LogP contribution < -0.4 is 4.74 Å². The summed E-state index contributed by atoms with van der Waals surface area (Å²) >= 11 is 0. The molecule has 250 valence electrons. The maximum absolute atomic E-state index is 14.2. The van der Waals surface area contributed by atoms with Crippen molar-refractivity contribution in [2.24, 2.45) is 4.99 Å². The van der Waals surface area contributed by atoms with Gasteiger partial charge >= 0.3 is 6.18 Å². The molecule has 0 saturated heterocycles. The Morgan fingerprint density at radius 2 is 1.50 bits per heavy atom. The second-order valence-electron chi connectivity index (χ2n) is 14.2. The third-order valence-corrected chi connectivity index (χ3v) is 12.4. The average Bonchev–Trinajstić information content (AvgIpc) is 3.37. The fourth-order valence-electron chi connectivity index (χ4n) is 5.97.